The smallest absolute Gasteiger partial charge is 0.246 e. The Morgan fingerprint density at radius 2 is 2.22 bits per heavy atom. The second kappa shape index (κ2) is 7.99. The number of carbonyl (C=O) groups is 1. The van der Waals surface area contributed by atoms with Crippen LogP contribution in [0.1, 0.15) is 19.8 Å². The van der Waals surface area contributed by atoms with E-state index >= 15 is 0 Å². The number of rotatable bonds is 7. The van der Waals surface area contributed by atoms with Crippen LogP contribution in [0.15, 0.2) is 0 Å². The lowest BCUT2D eigenvalue weighted by Gasteiger charge is -2.24. The molecule has 1 amide bonds. The SMILES string of the molecule is CSCC(C)(O)CNC(=O)COC1CCNCC1. The van der Waals surface area contributed by atoms with Crippen molar-refractivity contribution >= 4 is 17.7 Å². The third kappa shape index (κ3) is 6.58. The van der Waals surface area contributed by atoms with Gasteiger partial charge in [-0.25, -0.2) is 0 Å². The molecule has 0 aliphatic carbocycles. The molecule has 1 atom stereocenters. The molecule has 0 aromatic carbocycles. The molecule has 1 heterocycles. The third-order valence-electron chi connectivity index (χ3n) is 2.86. The van der Waals surface area contributed by atoms with E-state index in [1.165, 1.54) is 0 Å². The van der Waals surface area contributed by atoms with Crippen molar-refractivity contribution in [2.75, 3.05) is 38.2 Å². The van der Waals surface area contributed by atoms with Gasteiger partial charge in [-0.1, -0.05) is 0 Å². The van der Waals surface area contributed by atoms with Crippen molar-refractivity contribution in [3.05, 3.63) is 0 Å². The summed E-state index contributed by atoms with van der Waals surface area (Å²) in [6.45, 7) is 3.98. The minimum atomic E-state index is -0.857. The van der Waals surface area contributed by atoms with Gasteiger partial charge in [0, 0.05) is 12.3 Å². The lowest BCUT2D eigenvalue weighted by atomic mass is 10.1. The van der Waals surface area contributed by atoms with Gasteiger partial charge in [0.15, 0.2) is 0 Å². The van der Waals surface area contributed by atoms with Crippen LogP contribution in [0, 0.1) is 0 Å². The van der Waals surface area contributed by atoms with Gasteiger partial charge in [0.2, 0.25) is 5.91 Å². The molecule has 3 N–H and O–H groups in total. The van der Waals surface area contributed by atoms with Crippen LogP contribution >= 0.6 is 11.8 Å². The Kier molecular flexibility index (Phi) is 6.99. The summed E-state index contributed by atoms with van der Waals surface area (Å²) >= 11 is 1.56. The van der Waals surface area contributed by atoms with Crippen LogP contribution in [-0.4, -0.2) is 61.0 Å². The predicted octanol–water partition coefficient (Wildman–Crippen LogP) is -0.0148. The molecule has 1 aliphatic heterocycles. The maximum atomic E-state index is 11.6. The summed E-state index contributed by atoms with van der Waals surface area (Å²) in [4.78, 5) is 11.6. The van der Waals surface area contributed by atoms with Gasteiger partial charge in [0.1, 0.15) is 6.61 Å². The van der Waals surface area contributed by atoms with Crippen LogP contribution in [0.3, 0.4) is 0 Å². The van der Waals surface area contributed by atoms with E-state index in [2.05, 4.69) is 10.6 Å². The standard InChI is InChI=1S/C12H24N2O3S/c1-12(16,9-18-2)8-14-11(15)7-17-10-3-5-13-6-4-10/h10,13,16H,3-9H2,1-2H3,(H,14,15). The molecular formula is C12H24N2O3S. The fraction of sp³-hybridized carbons (Fsp3) is 0.917. The molecule has 1 unspecified atom stereocenters. The van der Waals surface area contributed by atoms with Crippen molar-refractivity contribution in [3.8, 4) is 0 Å². The number of nitrogens with one attached hydrogen (secondary N) is 2. The third-order valence-corrected chi connectivity index (χ3v) is 3.77. The molecule has 106 valence electrons. The van der Waals surface area contributed by atoms with Crippen molar-refractivity contribution in [2.45, 2.75) is 31.5 Å². The second-order valence-electron chi connectivity index (χ2n) is 4.97. The molecule has 0 bridgehead atoms. The Labute approximate surface area is 113 Å². The summed E-state index contributed by atoms with van der Waals surface area (Å²) in [5.74, 6) is 0.442. The lowest BCUT2D eigenvalue weighted by molar-refractivity contribution is -0.129. The van der Waals surface area contributed by atoms with Gasteiger partial charge in [0.05, 0.1) is 11.7 Å². The van der Waals surface area contributed by atoms with E-state index in [9.17, 15) is 9.90 Å². The summed E-state index contributed by atoms with van der Waals surface area (Å²) in [6, 6.07) is 0. The summed E-state index contributed by atoms with van der Waals surface area (Å²) < 4.78 is 5.53. The van der Waals surface area contributed by atoms with Crippen LogP contribution in [0.25, 0.3) is 0 Å². The highest BCUT2D eigenvalue weighted by Gasteiger charge is 2.21. The monoisotopic (exact) mass is 276 g/mol. The van der Waals surface area contributed by atoms with E-state index in [0.29, 0.717) is 5.75 Å². The first kappa shape index (κ1) is 15.8. The van der Waals surface area contributed by atoms with Crippen molar-refractivity contribution in [2.24, 2.45) is 0 Å². The first-order valence-electron chi connectivity index (χ1n) is 6.34. The first-order chi connectivity index (χ1) is 8.53. The molecule has 0 saturated carbocycles. The summed E-state index contributed by atoms with van der Waals surface area (Å²) in [5.41, 5.74) is -0.857. The number of piperidine rings is 1. The number of carbonyl (C=O) groups excluding carboxylic acids is 1. The second-order valence-corrected chi connectivity index (χ2v) is 5.83. The van der Waals surface area contributed by atoms with Crippen LogP contribution in [-0.2, 0) is 9.53 Å². The number of hydrogen-bond donors (Lipinski definition) is 3. The van der Waals surface area contributed by atoms with Crippen LogP contribution < -0.4 is 10.6 Å². The highest BCUT2D eigenvalue weighted by Crippen LogP contribution is 2.09. The number of aliphatic hydroxyl groups is 1. The minimum Gasteiger partial charge on any atom is -0.387 e. The Hall–Kier alpha value is -0.300. The van der Waals surface area contributed by atoms with E-state index in [-0.39, 0.29) is 25.2 Å². The molecule has 1 aliphatic rings. The minimum absolute atomic E-state index is 0.0833. The average Bonchev–Trinajstić information content (AvgIpc) is 2.35. The zero-order valence-corrected chi connectivity index (χ0v) is 12.0. The van der Waals surface area contributed by atoms with Crippen molar-refractivity contribution in [3.63, 3.8) is 0 Å². The summed E-state index contributed by atoms with van der Waals surface area (Å²) in [5, 5.41) is 15.8. The van der Waals surface area contributed by atoms with Crippen LogP contribution in [0.5, 0.6) is 0 Å². The quantitative estimate of drug-likeness (QED) is 0.610. The number of thioether (sulfide) groups is 1. The number of amides is 1. The van der Waals surface area contributed by atoms with E-state index in [1.807, 2.05) is 6.26 Å². The molecule has 5 nitrogen and oxygen atoms in total. The Morgan fingerprint density at radius 3 is 2.83 bits per heavy atom. The largest absolute Gasteiger partial charge is 0.387 e. The van der Waals surface area contributed by atoms with E-state index < -0.39 is 5.60 Å². The Morgan fingerprint density at radius 1 is 1.56 bits per heavy atom. The van der Waals surface area contributed by atoms with Gasteiger partial charge >= 0.3 is 0 Å². The molecule has 1 rings (SSSR count). The van der Waals surface area contributed by atoms with Crippen LogP contribution in [0.4, 0.5) is 0 Å². The molecule has 1 fully saturated rings. The van der Waals surface area contributed by atoms with Crippen molar-refractivity contribution in [1.29, 1.82) is 0 Å². The molecule has 0 radical (unpaired) electrons. The van der Waals surface area contributed by atoms with Gasteiger partial charge in [0.25, 0.3) is 0 Å². The highest BCUT2D eigenvalue weighted by molar-refractivity contribution is 7.98. The van der Waals surface area contributed by atoms with Gasteiger partial charge in [-0.2, -0.15) is 11.8 Å². The molecule has 0 spiro atoms. The summed E-state index contributed by atoms with van der Waals surface area (Å²) in [6.07, 6.45) is 4.02. The maximum absolute atomic E-state index is 11.6. The van der Waals surface area contributed by atoms with Gasteiger partial charge in [-0.3, -0.25) is 4.79 Å². The van der Waals surface area contributed by atoms with Gasteiger partial charge < -0.3 is 20.5 Å². The van der Waals surface area contributed by atoms with E-state index in [4.69, 9.17) is 4.74 Å². The molecule has 18 heavy (non-hydrogen) atoms. The fourth-order valence-electron chi connectivity index (χ4n) is 1.86. The predicted molar refractivity (Wildman–Crippen MR) is 73.9 cm³/mol. The van der Waals surface area contributed by atoms with Crippen molar-refractivity contribution in [1.82, 2.24) is 10.6 Å². The molecule has 6 heteroatoms. The normalized spacial score (nSPS) is 20.4. The Balaban J connectivity index is 2.13. The topological polar surface area (TPSA) is 70.6 Å². The molecule has 1 saturated heterocycles. The zero-order chi connectivity index (χ0) is 13.4. The van der Waals surface area contributed by atoms with Gasteiger partial charge in [-0.05, 0) is 39.1 Å². The fourth-order valence-corrected chi connectivity index (χ4v) is 2.58. The average molecular weight is 276 g/mol. The lowest BCUT2D eigenvalue weighted by Crippen LogP contribution is -2.44. The molecule has 0 aromatic heterocycles. The molecular weight excluding hydrogens is 252 g/mol. The number of hydrogen-bond acceptors (Lipinski definition) is 5. The van der Waals surface area contributed by atoms with Gasteiger partial charge in [-0.15, -0.1) is 0 Å². The van der Waals surface area contributed by atoms with Crippen molar-refractivity contribution < 1.29 is 14.6 Å². The number of ether oxygens (including phenoxy) is 1. The van der Waals surface area contributed by atoms with E-state index in [0.717, 1.165) is 25.9 Å². The maximum Gasteiger partial charge on any atom is 0.246 e. The van der Waals surface area contributed by atoms with Crippen LogP contribution in [0.2, 0.25) is 0 Å². The molecule has 0 aromatic rings. The van der Waals surface area contributed by atoms with E-state index in [1.54, 1.807) is 18.7 Å². The first-order valence-corrected chi connectivity index (χ1v) is 7.73. The summed E-state index contributed by atoms with van der Waals surface area (Å²) in [7, 11) is 0. The Bertz CT molecular complexity index is 256. The zero-order valence-electron chi connectivity index (χ0n) is 11.2. The highest BCUT2D eigenvalue weighted by atomic mass is 32.2.